The molecule has 0 saturated carbocycles. The zero-order valence-corrected chi connectivity index (χ0v) is 20.1. The molecule has 0 aliphatic carbocycles. The van der Waals surface area contributed by atoms with Crippen molar-refractivity contribution in [1.82, 2.24) is 15.2 Å². The lowest BCUT2D eigenvalue weighted by Crippen LogP contribution is -2.43. The zero-order chi connectivity index (χ0) is 22.8. The monoisotopic (exact) mass is 465 g/mol. The molecular formula is C26H31N3O3S. The van der Waals surface area contributed by atoms with E-state index in [2.05, 4.69) is 43.4 Å². The highest BCUT2D eigenvalue weighted by Crippen LogP contribution is 2.35. The van der Waals surface area contributed by atoms with Crippen LogP contribution in [0.2, 0.25) is 0 Å². The average Bonchev–Trinajstić information content (AvgIpc) is 3.28. The number of rotatable bonds is 6. The third-order valence-electron chi connectivity index (χ3n) is 6.57. The number of para-hydroxylation sites is 1. The fraction of sp³-hybridized carbons (Fsp3) is 0.462. The predicted octanol–water partition coefficient (Wildman–Crippen LogP) is 4.76. The topological polar surface area (TPSA) is 63.7 Å². The second-order valence-corrected chi connectivity index (χ2v) is 10.2. The molecule has 2 aliphatic rings. The summed E-state index contributed by atoms with van der Waals surface area (Å²) in [7, 11) is 0. The SMILES string of the molecule is CC(C)C(NCC(=O)N1CCC(c2nc3ccccc3s2)CC1)c1ccc2c(c1)OCCO2. The molecule has 1 amide bonds. The zero-order valence-electron chi connectivity index (χ0n) is 19.3. The van der Waals surface area contributed by atoms with Gasteiger partial charge in [-0.25, -0.2) is 4.98 Å². The molecule has 5 rings (SSSR count). The molecule has 0 radical (unpaired) electrons. The minimum absolute atomic E-state index is 0.0741. The highest BCUT2D eigenvalue weighted by atomic mass is 32.1. The van der Waals surface area contributed by atoms with Gasteiger partial charge in [-0.3, -0.25) is 4.79 Å². The number of ether oxygens (including phenoxy) is 2. The second-order valence-electron chi connectivity index (χ2n) is 9.18. The van der Waals surface area contributed by atoms with E-state index in [0.29, 0.717) is 31.6 Å². The van der Waals surface area contributed by atoms with Gasteiger partial charge in [0, 0.05) is 25.0 Å². The lowest BCUT2D eigenvalue weighted by atomic mass is 9.95. The Balaban J connectivity index is 1.17. The van der Waals surface area contributed by atoms with E-state index in [-0.39, 0.29) is 11.9 Å². The average molecular weight is 466 g/mol. The van der Waals surface area contributed by atoms with Gasteiger partial charge in [0.05, 0.1) is 21.8 Å². The van der Waals surface area contributed by atoms with Crippen LogP contribution < -0.4 is 14.8 Å². The summed E-state index contributed by atoms with van der Waals surface area (Å²) in [5.74, 6) is 2.53. The van der Waals surface area contributed by atoms with E-state index in [1.165, 1.54) is 9.71 Å². The molecule has 1 aromatic heterocycles. The molecule has 3 aromatic rings. The summed E-state index contributed by atoms with van der Waals surface area (Å²) < 4.78 is 12.6. The smallest absolute Gasteiger partial charge is 0.236 e. The number of nitrogens with zero attached hydrogens (tertiary/aromatic N) is 2. The van der Waals surface area contributed by atoms with Crippen LogP contribution in [0.3, 0.4) is 0 Å². The summed E-state index contributed by atoms with van der Waals surface area (Å²) in [6, 6.07) is 14.5. The Kier molecular flexibility index (Phi) is 6.51. The number of thiazole rings is 1. The first-order chi connectivity index (χ1) is 16.1. The van der Waals surface area contributed by atoms with Crippen molar-refractivity contribution in [3.05, 3.63) is 53.0 Å². The van der Waals surface area contributed by atoms with E-state index >= 15 is 0 Å². The minimum atomic E-state index is 0.0741. The number of hydrogen-bond acceptors (Lipinski definition) is 6. The first-order valence-corrected chi connectivity index (χ1v) is 12.7. The lowest BCUT2D eigenvalue weighted by Gasteiger charge is -2.32. The normalized spacial score (nSPS) is 17.5. The molecule has 2 aromatic carbocycles. The molecule has 1 saturated heterocycles. The summed E-state index contributed by atoms with van der Waals surface area (Å²) >= 11 is 1.79. The van der Waals surface area contributed by atoms with Crippen molar-refractivity contribution in [2.24, 2.45) is 5.92 Å². The maximum Gasteiger partial charge on any atom is 0.236 e. The van der Waals surface area contributed by atoms with Gasteiger partial charge < -0.3 is 19.7 Å². The third-order valence-corrected chi connectivity index (χ3v) is 7.77. The highest BCUT2D eigenvalue weighted by molar-refractivity contribution is 7.18. The minimum Gasteiger partial charge on any atom is -0.486 e. The first-order valence-electron chi connectivity index (χ1n) is 11.8. The second kappa shape index (κ2) is 9.69. The third kappa shape index (κ3) is 4.84. The molecule has 3 heterocycles. The lowest BCUT2D eigenvalue weighted by molar-refractivity contribution is -0.131. The van der Waals surface area contributed by atoms with E-state index in [9.17, 15) is 4.79 Å². The number of fused-ring (bicyclic) bond motifs is 2. The molecule has 174 valence electrons. The number of carbonyl (C=O) groups excluding carboxylic acids is 1. The number of aromatic nitrogens is 1. The number of carbonyl (C=O) groups is 1. The van der Waals surface area contributed by atoms with Gasteiger partial charge in [0.2, 0.25) is 5.91 Å². The molecule has 2 aliphatic heterocycles. The van der Waals surface area contributed by atoms with Gasteiger partial charge in [-0.15, -0.1) is 11.3 Å². The van der Waals surface area contributed by atoms with Gasteiger partial charge in [0.25, 0.3) is 0 Å². The van der Waals surface area contributed by atoms with E-state index in [0.717, 1.165) is 48.5 Å². The Morgan fingerprint density at radius 3 is 2.64 bits per heavy atom. The molecule has 0 bridgehead atoms. The number of piperidine rings is 1. The summed E-state index contributed by atoms with van der Waals surface area (Å²) in [5.41, 5.74) is 2.20. The Morgan fingerprint density at radius 1 is 1.12 bits per heavy atom. The number of hydrogen-bond donors (Lipinski definition) is 1. The van der Waals surface area contributed by atoms with Crippen LogP contribution in [0.15, 0.2) is 42.5 Å². The van der Waals surface area contributed by atoms with Gasteiger partial charge in [-0.1, -0.05) is 32.0 Å². The maximum atomic E-state index is 13.0. The van der Waals surface area contributed by atoms with Crippen LogP contribution in [-0.4, -0.2) is 48.6 Å². The largest absolute Gasteiger partial charge is 0.486 e. The Labute approximate surface area is 198 Å². The van der Waals surface area contributed by atoms with Gasteiger partial charge >= 0.3 is 0 Å². The molecule has 1 unspecified atom stereocenters. The molecule has 1 N–H and O–H groups in total. The summed E-state index contributed by atoms with van der Waals surface area (Å²) in [6.45, 7) is 7.41. The van der Waals surface area contributed by atoms with Crippen molar-refractivity contribution in [1.29, 1.82) is 0 Å². The van der Waals surface area contributed by atoms with Gasteiger partial charge in [0.1, 0.15) is 13.2 Å². The van der Waals surface area contributed by atoms with Crippen LogP contribution >= 0.6 is 11.3 Å². The quantitative estimate of drug-likeness (QED) is 0.569. The van der Waals surface area contributed by atoms with Crippen molar-refractivity contribution in [3.63, 3.8) is 0 Å². The Morgan fingerprint density at radius 2 is 1.88 bits per heavy atom. The van der Waals surface area contributed by atoms with Gasteiger partial charge in [0.15, 0.2) is 11.5 Å². The van der Waals surface area contributed by atoms with Crippen LogP contribution in [0.4, 0.5) is 0 Å². The molecule has 7 heteroatoms. The fourth-order valence-corrected chi connectivity index (χ4v) is 5.88. The van der Waals surface area contributed by atoms with Crippen LogP contribution in [0, 0.1) is 5.92 Å². The van der Waals surface area contributed by atoms with Crippen LogP contribution in [-0.2, 0) is 4.79 Å². The van der Waals surface area contributed by atoms with Crippen molar-refractivity contribution in [2.45, 2.75) is 38.6 Å². The number of amides is 1. The molecule has 33 heavy (non-hydrogen) atoms. The Bertz CT molecular complexity index is 1090. The van der Waals surface area contributed by atoms with Crippen molar-refractivity contribution < 1.29 is 14.3 Å². The van der Waals surface area contributed by atoms with Gasteiger partial charge in [-0.05, 0) is 48.6 Å². The van der Waals surface area contributed by atoms with Crippen LogP contribution in [0.25, 0.3) is 10.2 Å². The molecule has 1 atom stereocenters. The van der Waals surface area contributed by atoms with E-state index in [1.54, 1.807) is 11.3 Å². The van der Waals surface area contributed by atoms with Crippen molar-refractivity contribution in [2.75, 3.05) is 32.8 Å². The molecule has 1 fully saturated rings. The van der Waals surface area contributed by atoms with Crippen molar-refractivity contribution in [3.8, 4) is 11.5 Å². The van der Waals surface area contributed by atoms with Gasteiger partial charge in [-0.2, -0.15) is 0 Å². The summed E-state index contributed by atoms with van der Waals surface area (Å²) in [4.78, 5) is 19.8. The molecule has 0 spiro atoms. The molecular weight excluding hydrogens is 434 g/mol. The summed E-state index contributed by atoms with van der Waals surface area (Å²) in [5, 5.41) is 4.71. The highest BCUT2D eigenvalue weighted by Gasteiger charge is 2.27. The van der Waals surface area contributed by atoms with Crippen molar-refractivity contribution >= 4 is 27.5 Å². The summed E-state index contributed by atoms with van der Waals surface area (Å²) in [6.07, 6.45) is 1.95. The van der Waals surface area contributed by atoms with E-state index in [1.807, 2.05) is 23.1 Å². The predicted molar refractivity (Wildman–Crippen MR) is 131 cm³/mol. The maximum absolute atomic E-state index is 13.0. The number of nitrogens with one attached hydrogen (secondary N) is 1. The fourth-order valence-electron chi connectivity index (χ4n) is 4.74. The van der Waals surface area contributed by atoms with E-state index in [4.69, 9.17) is 14.5 Å². The van der Waals surface area contributed by atoms with Crippen LogP contribution in [0.1, 0.15) is 49.2 Å². The first kappa shape index (κ1) is 22.2. The standard InChI is InChI=1S/C26H31N3O3S/c1-17(2)25(19-7-8-21-22(15-19)32-14-13-31-21)27-16-24(30)29-11-9-18(10-12-29)26-28-20-5-3-4-6-23(20)33-26/h3-8,15,17-18,25,27H,9-14,16H2,1-2H3. The number of benzene rings is 2. The van der Waals surface area contributed by atoms with Crippen LogP contribution in [0.5, 0.6) is 11.5 Å². The number of likely N-dealkylation sites (tertiary alicyclic amines) is 1. The molecule has 6 nitrogen and oxygen atoms in total. The van der Waals surface area contributed by atoms with E-state index < -0.39 is 0 Å². The Hall–Kier alpha value is -2.64.